The van der Waals surface area contributed by atoms with Crippen LogP contribution in [0, 0.1) is 23.6 Å². The van der Waals surface area contributed by atoms with E-state index < -0.39 is 5.82 Å². The molecule has 1 amide bonds. The highest BCUT2D eigenvalue weighted by molar-refractivity contribution is 6.25. The van der Waals surface area contributed by atoms with Gasteiger partial charge >= 0.3 is 6.01 Å². The molecule has 6 heterocycles. The summed E-state index contributed by atoms with van der Waals surface area (Å²) in [7, 11) is 0. The first-order valence-corrected chi connectivity index (χ1v) is 15.8. The van der Waals surface area contributed by atoms with Crippen molar-refractivity contribution < 1.29 is 13.9 Å². The molecule has 9 nitrogen and oxygen atoms in total. The molecule has 4 aliphatic rings. The van der Waals surface area contributed by atoms with Crippen molar-refractivity contribution in [2.24, 2.45) is 0 Å². The third-order valence-electron chi connectivity index (χ3n) is 10.4. The van der Waals surface area contributed by atoms with Crippen molar-refractivity contribution in [1.82, 2.24) is 24.8 Å². The summed E-state index contributed by atoms with van der Waals surface area (Å²) >= 11 is 0. The number of hydrogen-bond donors (Lipinski definition) is 1. The molecule has 2 atom stereocenters. The van der Waals surface area contributed by atoms with E-state index in [0.717, 1.165) is 68.6 Å². The highest BCUT2D eigenvalue weighted by atomic mass is 19.1. The normalized spacial score (nSPS) is 22.1. The molecule has 2 aromatic carbocycles. The maximum absolute atomic E-state index is 16.8. The Morgan fingerprint density at radius 1 is 1.11 bits per heavy atom. The second-order valence-corrected chi connectivity index (χ2v) is 12.8. The van der Waals surface area contributed by atoms with Gasteiger partial charge in [-0.3, -0.25) is 14.7 Å². The topological polar surface area (TPSA) is 98.5 Å². The summed E-state index contributed by atoms with van der Waals surface area (Å²) in [5.41, 5.74) is 1.57. The van der Waals surface area contributed by atoms with Gasteiger partial charge in [-0.05, 0) is 63.1 Å². The molecule has 4 aromatic rings. The number of fused-ring (bicyclic) bond motifs is 5. The number of benzene rings is 2. The minimum atomic E-state index is -0.553. The van der Waals surface area contributed by atoms with Crippen LogP contribution in [0.2, 0.25) is 0 Å². The molecule has 2 bridgehead atoms. The van der Waals surface area contributed by atoms with Crippen molar-refractivity contribution in [1.29, 1.82) is 5.41 Å². The van der Waals surface area contributed by atoms with Crippen LogP contribution in [-0.2, 0) is 4.79 Å². The van der Waals surface area contributed by atoms with E-state index in [4.69, 9.17) is 26.5 Å². The molecule has 2 aromatic heterocycles. The zero-order valence-electron chi connectivity index (χ0n) is 25.0. The van der Waals surface area contributed by atoms with Crippen LogP contribution >= 0.6 is 0 Å². The minimum Gasteiger partial charge on any atom is -0.461 e. The zero-order valence-corrected chi connectivity index (χ0v) is 25.0. The summed E-state index contributed by atoms with van der Waals surface area (Å²) in [5.74, 6) is 2.47. The number of aromatic nitrogens is 3. The molecule has 0 aliphatic carbocycles. The standard InChI is InChI=1S/C35H34FN7O2/c1-2-22-7-3-8-23-9-4-10-26(29(22)23)31-30(36)32-27(18-38-31)33(41-19-24-11-12-25(20-41)43(24)28(44)17-37)40-34(39-32)45-21-35-13-5-15-42(35)16-6-14-35/h1,3-4,7-10,17-18,24-25,37H,5-6,11-16,19-21H2. The molecule has 4 fully saturated rings. The van der Waals surface area contributed by atoms with Crippen LogP contribution in [0.4, 0.5) is 10.2 Å². The Bertz CT molecular complexity index is 1880. The van der Waals surface area contributed by atoms with E-state index in [2.05, 4.69) is 20.7 Å². The fourth-order valence-electron chi connectivity index (χ4n) is 8.34. The van der Waals surface area contributed by atoms with Crippen molar-refractivity contribution in [3.8, 4) is 29.6 Å². The molecular formula is C35H34FN7O2. The van der Waals surface area contributed by atoms with Crippen LogP contribution in [0.15, 0.2) is 42.6 Å². The predicted octanol–water partition coefficient (Wildman–Crippen LogP) is 4.80. The molecule has 8 rings (SSSR count). The maximum atomic E-state index is 16.8. The fraction of sp³-hybridized carbons (Fsp3) is 0.400. The van der Waals surface area contributed by atoms with Crippen molar-refractivity contribution in [3.63, 3.8) is 0 Å². The number of nitrogens with zero attached hydrogens (tertiary/aromatic N) is 6. The summed E-state index contributed by atoms with van der Waals surface area (Å²) < 4.78 is 23.2. The van der Waals surface area contributed by atoms with E-state index in [-0.39, 0.29) is 40.8 Å². The lowest BCUT2D eigenvalue weighted by Crippen LogP contribution is -2.56. The van der Waals surface area contributed by atoms with Crippen molar-refractivity contribution in [2.45, 2.75) is 56.1 Å². The number of amides is 1. The first-order chi connectivity index (χ1) is 22.0. The smallest absolute Gasteiger partial charge is 0.319 e. The van der Waals surface area contributed by atoms with E-state index in [1.807, 2.05) is 41.3 Å². The molecule has 4 saturated heterocycles. The number of pyridine rings is 1. The van der Waals surface area contributed by atoms with Crippen LogP contribution in [0.1, 0.15) is 44.1 Å². The average molecular weight is 604 g/mol. The largest absolute Gasteiger partial charge is 0.461 e. The summed E-state index contributed by atoms with van der Waals surface area (Å²) in [6.07, 6.45) is 14.5. The SMILES string of the molecule is C#Cc1cccc2cccc(-c3ncc4c(N5CC6CCC(C5)N6C(=O)C=N)nc(OCC56CCCN5CCC6)nc4c3F)c12. The first-order valence-electron chi connectivity index (χ1n) is 15.8. The van der Waals surface area contributed by atoms with Gasteiger partial charge in [-0.2, -0.15) is 9.97 Å². The summed E-state index contributed by atoms with van der Waals surface area (Å²) in [6.45, 7) is 3.65. The van der Waals surface area contributed by atoms with E-state index in [1.54, 1.807) is 6.20 Å². The number of terminal acetylenes is 1. The summed E-state index contributed by atoms with van der Waals surface area (Å²) in [4.78, 5) is 33.2. The van der Waals surface area contributed by atoms with Crippen molar-refractivity contribution in [2.75, 3.05) is 37.7 Å². The van der Waals surface area contributed by atoms with Gasteiger partial charge in [0.25, 0.3) is 5.91 Å². The quantitative estimate of drug-likeness (QED) is 0.250. The Labute approximate surface area is 260 Å². The molecule has 10 heteroatoms. The second-order valence-electron chi connectivity index (χ2n) is 12.8. The van der Waals surface area contributed by atoms with Crippen LogP contribution < -0.4 is 9.64 Å². The zero-order chi connectivity index (χ0) is 30.7. The third kappa shape index (κ3) is 4.44. The van der Waals surface area contributed by atoms with Crippen LogP contribution in [-0.4, -0.2) is 87.3 Å². The number of rotatable bonds is 6. The number of hydrogen-bond acceptors (Lipinski definition) is 8. The molecule has 228 valence electrons. The van der Waals surface area contributed by atoms with E-state index in [0.29, 0.717) is 42.0 Å². The highest BCUT2D eigenvalue weighted by Crippen LogP contribution is 2.41. The molecule has 0 spiro atoms. The van der Waals surface area contributed by atoms with Gasteiger partial charge in [0.1, 0.15) is 23.6 Å². The fourth-order valence-corrected chi connectivity index (χ4v) is 8.34. The number of ether oxygens (including phenoxy) is 1. The lowest BCUT2D eigenvalue weighted by molar-refractivity contribution is -0.126. The van der Waals surface area contributed by atoms with Crippen LogP contribution in [0.25, 0.3) is 32.9 Å². The number of anilines is 1. The molecule has 0 saturated carbocycles. The van der Waals surface area contributed by atoms with Crippen LogP contribution in [0.5, 0.6) is 6.01 Å². The Balaban J connectivity index is 1.24. The molecule has 4 aliphatic heterocycles. The van der Waals surface area contributed by atoms with Crippen molar-refractivity contribution in [3.05, 3.63) is 54.0 Å². The number of carbonyl (C=O) groups is 1. The monoisotopic (exact) mass is 603 g/mol. The van der Waals surface area contributed by atoms with Gasteiger partial charge in [-0.25, -0.2) is 4.39 Å². The van der Waals surface area contributed by atoms with E-state index in [9.17, 15) is 4.79 Å². The summed E-state index contributed by atoms with van der Waals surface area (Å²) in [6, 6.07) is 11.4. The van der Waals surface area contributed by atoms with Gasteiger partial charge in [-0.15, -0.1) is 6.42 Å². The first kappa shape index (κ1) is 27.9. The van der Waals surface area contributed by atoms with E-state index in [1.165, 1.54) is 0 Å². The van der Waals surface area contributed by atoms with Crippen LogP contribution in [0.3, 0.4) is 0 Å². The van der Waals surface area contributed by atoms with Gasteiger partial charge < -0.3 is 19.9 Å². The van der Waals surface area contributed by atoms with Gasteiger partial charge in [0.15, 0.2) is 5.82 Å². The highest BCUT2D eigenvalue weighted by Gasteiger charge is 2.46. The third-order valence-corrected chi connectivity index (χ3v) is 10.4. The van der Waals surface area contributed by atoms with Gasteiger partial charge in [0.05, 0.1) is 29.2 Å². The summed E-state index contributed by atoms with van der Waals surface area (Å²) in [5, 5.41) is 9.70. The van der Waals surface area contributed by atoms with E-state index >= 15 is 4.39 Å². The number of nitrogens with one attached hydrogen (secondary N) is 1. The Kier molecular flexibility index (Phi) is 6.68. The predicted molar refractivity (Wildman–Crippen MR) is 171 cm³/mol. The Morgan fingerprint density at radius 3 is 2.56 bits per heavy atom. The molecular weight excluding hydrogens is 569 g/mol. The number of halogens is 1. The average Bonchev–Trinajstić information content (AvgIpc) is 3.73. The van der Waals surface area contributed by atoms with Gasteiger partial charge in [0, 0.05) is 35.8 Å². The lowest BCUT2D eigenvalue weighted by atomic mass is 9.95. The minimum absolute atomic E-state index is 0.0210. The van der Waals surface area contributed by atoms with Crippen molar-refractivity contribution >= 4 is 39.6 Å². The van der Waals surface area contributed by atoms with Gasteiger partial charge in [-0.1, -0.05) is 36.3 Å². The second kappa shape index (κ2) is 10.8. The molecule has 0 radical (unpaired) electrons. The maximum Gasteiger partial charge on any atom is 0.319 e. The Morgan fingerprint density at radius 2 is 1.84 bits per heavy atom. The molecule has 2 unspecified atom stereocenters. The van der Waals surface area contributed by atoms with Gasteiger partial charge in [0.2, 0.25) is 0 Å². The number of carbonyl (C=O) groups excluding carboxylic acids is 1. The Hall–Kier alpha value is -4.62. The molecule has 1 N–H and O–H groups in total. The lowest BCUT2D eigenvalue weighted by Gasteiger charge is -2.41. The molecule has 45 heavy (non-hydrogen) atoms. The number of piperazine rings is 1.